The molecule has 0 atom stereocenters. The number of hydrogen-bond acceptors (Lipinski definition) is 6. The molecule has 1 saturated heterocycles. The zero-order valence-electron chi connectivity index (χ0n) is 10.3. The lowest BCUT2D eigenvalue weighted by molar-refractivity contribution is 0.145. The second-order valence-electron chi connectivity index (χ2n) is 4.25. The molecular formula is C11H17ClN4O2. The molecule has 1 aromatic heterocycles. The van der Waals surface area contributed by atoms with Gasteiger partial charge >= 0.3 is 6.01 Å². The van der Waals surface area contributed by atoms with Gasteiger partial charge in [0.25, 0.3) is 0 Å². The van der Waals surface area contributed by atoms with Gasteiger partial charge in [0, 0.05) is 13.1 Å². The predicted molar refractivity (Wildman–Crippen MR) is 68.1 cm³/mol. The Kier molecular flexibility index (Phi) is 4.54. The lowest BCUT2D eigenvalue weighted by atomic mass is 10.1. The summed E-state index contributed by atoms with van der Waals surface area (Å²) in [6.07, 6.45) is 2.09. The quantitative estimate of drug-likeness (QED) is 0.890. The molecule has 2 rings (SSSR count). The minimum atomic E-state index is -0.227. The first kappa shape index (κ1) is 13.3. The van der Waals surface area contributed by atoms with E-state index in [-0.39, 0.29) is 17.4 Å². The summed E-state index contributed by atoms with van der Waals surface area (Å²) in [6, 6.07) is 0.262. The Morgan fingerprint density at radius 2 is 2.06 bits per heavy atom. The van der Waals surface area contributed by atoms with Gasteiger partial charge < -0.3 is 14.7 Å². The summed E-state index contributed by atoms with van der Waals surface area (Å²) in [5.74, 6) is 0.521. The van der Waals surface area contributed by atoms with E-state index in [1.807, 2.05) is 11.8 Å². The number of aliphatic hydroxyl groups is 1. The van der Waals surface area contributed by atoms with Crippen molar-refractivity contribution in [2.24, 2.45) is 0 Å². The first-order chi connectivity index (χ1) is 8.69. The Morgan fingerprint density at radius 3 is 2.72 bits per heavy atom. The average Bonchev–Trinajstić information content (AvgIpc) is 2.36. The van der Waals surface area contributed by atoms with Gasteiger partial charge in [-0.05, 0) is 30.9 Å². The molecule has 7 heteroatoms. The van der Waals surface area contributed by atoms with E-state index < -0.39 is 0 Å². The van der Waals surface area contributed by atoms with E-state index in [0.717, 1.165) is 6.42 Å². The smallest absolute Gasteiger partial charge is 0.322 e. The first-order valence-corrected chi connectivity index (χ1v) is 6.54. The van der Waals surface area contributed by atoms with E-state index in [4.69, 9.17) is 16.3 Å². The Bertz CT molecular complexity index is 397. The number of aromatic nitrogens is 3. The van der Waals surface area contributed by atoms with Gasteiger partial charge in [-0.15, -0.1) is 0 Å². The summed E-state index contributed by atoms with van der Waals surface area (Å²) in [4.78, 5) is 14.2. The molecule has 0 bridgehead atoms. The second-order valence-corrected chi connectivity index (χ2v) is 4.59. The molecule has 0 aromatic carbocycles. The number of nitrogens with zero attached hydrogens (tertiary/aromatic N) is 4. The zero-order valence-corrected chi connectivity index (χ0v) is 11.1. The normalized spacial score (nSPS) is 16.9. The highest BCUT2D eigenvalue weighted by Crippen LogP contribution is 2.19. The molecule has 1 aromatic rings. The van der Waals surface area contributed by atoms with Gasteiger partial charge in [-0.2, -0.15) is 15.0 Å². The fraction of sp³-hybridized carbons (Fsp3) is 0.727. The Balaban J connectivity index is 2.09. The molecule has 0 aliphatic carbocycles. The molecular weight excluding hydrogens is 256 g/mol. The largest absolute Gasteiger partial charge is 0.463 e. The van der Waals surface area contributed by atoms with Crippen LogP contribution in [-0.4, -0.2) is 45.9 Å². The lowest BCUT2D eigenvalue weighted by Gasteiger charge is -2.29. The van der Waals surface area contributed by atoms with Crippen LogP contribution < -0.4 is 9.64 Å². The average molecular weight is 273 g/mol. The number of halogens is 1. The third-order valence-corrected chi connectivity index (χ3v) is 2.93. The van der Waals surface area contributed by atoms with E-state index >= 15 is 0 Å². The fourth-order valence-electron chi connectivity index (χ4n) is 1.79. The molecule has 0 unspecified atom stereocenters. The van der Waals surface area contributed by atoms with Crippen molar-refractivity contribution < 1.29 is 9.84 Å². The van der Waals surface area contributed by atoms with Crippen molar-refractivity contribution in [3.63, 3.8) is 0 Å². The summed E-state index contributed by atoms with van der Waals surface area (Å²) in [7, 11) is 0. The van der Waals surface area contributed by atoms with Crippen molar-refractivity contribution in [1.29, 1.82) is 0 Å². The summed E-state index contributed by atoms with van der Waals surface area (Å²) in [6.45, 7) is 4.00. The number of piperidine rings is 1. The van der Waals surface area contributed by atoms with Gasteiger partial charge in [0.1, 0.15) is 0 Å². The molecule has 1 aliphatic heterocycles. The number of ether oxygens (including phenoxy) is 1. The van der Waals surface area contributed by atoms with Crippen molar-refractivity contribution in [2.75, 3.05) is 24.6 Å². The SMILES string of the molecule is CCCOc1nc(Cl)nc(N2CCC(O)CC2)n1. The standard InChI is InChI=1S/C11H17ClN4O2/c1-2-7-18-11-14-9(12)13-10(15-11)16-5-3-8(17)4-6-16/h8,17H,2-7H2,1H3. The Labute approximate surface area is 111 Å². The van der Waals surface area contributed by atoms with Gasteiger partial charge in [-0.1, -0.05) is 6.92 Å². The third-order valence-electron chi connectivity index (χ3n) is 2.76. The van der Waals surface area contributed by atoms with Crippen LogP contribution in [0.25, 0.3) is 0 Å². The maximum Gasteiger partial charge on any atom is 0.322 e. The highest BCUT2D eigenvalue weighted by atomic mass is 35.5. The van der Waals surface area contributed by atoms with Crippen LogP contribution in [0.15, 0.2) is 0 Å². The van der Waals surface area contributed by atoms with E-state index in [9.17, 15) is 5.11 Å². The van der Waals surface area contributed by atoms with Crippen LogP contribution in [0.3, 0.4) is 0 Å². The molecule has 1 N–H and O–H groups in total. The van der Waals surface area contributed by atoms with E-state index in [1.54, 1.807) is 0 Å². The summed E-state index contributed by atoms with van der Waals surface area (Å²) < 4.78 is 5.37. The van der Waals surface area contributed by atoms with Crippen LogP contribution in [0.2, 0.25) is 5.28 Å². The van der Waals surface area contributed by atoms with E-state index in [0.29, 0.717) is 38.5 Å². The number of hydrogen-bond donors (Lipinski definition) is 1. The number of rotatable bonds is 4. The third kappa shape index (κ3) is 3.43. The van der Waals surface area contributed by atoms with Gasteiger partial charge in [0.2, 0.25) is 11.2 Å². The maximum absolute atomic E-state index is 9.47. The van der Waals surface area contributed by atoms with Crippen molar-refractivity contribution in [3.8, 4) is 6.01 Å². The molecule has 6 nitrogen and oxygen atoms in total. The molecule has 2 heterocycles. The summed E-state index contributed by atoms with van der Waals surface area (Å²) >= 11 is 5.86. The number of aliphatic hydroxyl groups excluding tert-OH is 1. The molecule has 18 heavy (non-hydrogen) atoms. The van der Waals surface area contributed by atoms with Crippen molar-refractivity contribution in [2.45, 2.75) is 32.3 Å². The van der Waals surface area contributed by atoms with Gasteiger partial charge in [-0.25, -0.2) is 0 Å². The minimum absolute atomic E-state index is 0.136. The molecule has 1 aliphatic rings. The van der Waals surface area contributed by atoms with Crippen molar-refractivity contribution in [3.05, 3.63) is 5.28 Å². The molecule has 100 valence electrons. The zero-order chi connectivity index (χ0) is 13.0. The lowest BCUT2D eigenvalue weighted by Crippen LogP contribution is -2.37. The van der Waals surface area contributed by atoms with E-state index in [2.05, 4.69) is 15.0 Å². The summed E-state index contributed by atoms with van der Waals surface area (Å²) in [5, 5.41) is 9.60. The van der Waals surface area contributed by atoms with Gasteiger partial charge in [0.15, 0.2) is 0 Å². The molecule has 0 saturated carbocycles. The highest BCUT2D eigenvalue weighted by Gasteiger charge is 2.20. The van der Waals surface area contributed by atoms with Gasteiger partial charge in [0.05, 0.1) is 12.7 Å². The molecule has 0 amide bonds. The van der Waals surface area contributed by atoms with Crippen LogP contribution in [0.1, 0.15) is 26.2 Å². The van der Waals surface area contributed by atoms with Crippen LogP contribution in [0.4, 0.5) is 5.95 Å². The van der Waals surface area contributed by atoms with Crippen molar-refractivity contribution in [1.82, 2.24) is 15.0 Å². The van der Waals surface area contributed by atoms with Gasteiger partial charge in [-0.3, -0.25) is 0 Å². The molecule has 0 spiro atoms. The maximum atomic E-state index is 9.47. The van der Waals surface area contributed by atoms with Crippen LogP contribution >= 0.6 is 11.6 Å². The molecule has 1 fully saturated rings. The van der Waals surface area contributed by atoms with Crippen molar-refractivity contribution >= 4 is 17.5 Å². The number of anilines is 1. The Hall–Kier alpha value is -1.14. The summed E-state index contributed by atoms with van der Waals surface area (Å²) in [5.41, 5.74) is 0. The topological polar surface area (TPSA) is 71.4 Å². The fourth-order valence-corrected chi connectivity index (χ4v) is 1.94. The van der Waals surface area contributed by atoms with Crippen LogP contribution in [0, 0.1) is 0 Å². The Morgan fingerprint density at radius 1 is 1.33 bits per heavy atom. The predicted octanol–water partition coefficient (Wildman–Crippen LogP) is 1.27. The second kappa shape index (κ2) is 6.15. The minimum Gasteiger partial charge on any atom is -0.463 e. The molecule has 0 radical (unpaired) electrons. The van der Waals surface area contributed by atoms with Crippen LogP contribution in [-0.2, 0) is 0 Å². The first-order valence-electron chi connectivity index (χ1n) is 6.16. The van der Waals surface area contributed by atoms with Crippen LogP contribution in [0.5, 0.6) is 6.01 Å². The highest BCUT2D eigenvalue weighted by molar-refractivity contribution is 6.28. The van der Waals surface area contributed by atoms with E-state index in [1.165, 1.54) is 0 Å². The monoisotopic (exact) mass is 272 g/mol.